The first-order chi connectivity index (χ1) is 24.8. The van der Waals surface area contributed by atoms with Gasteiger partial charge in [0.1, 0.15) is 0 Å². The minimum atomic E-state index is 1.12. The molecule has 9 aromatic carbocycles. The number of rotatable bonds is 5. The van der Waals surface area contributed by atoms with Crippen LogP contribution in [-0.2, 0) is 0 Å². The fourth-order valence-electron chi connectivity index (χ4n) is 7.72. The van der Waals surface area contributed by atoms with Crippen LogP contribution in [0.15, 0.2) is 188 Å². The summed E-state index contributed by atoms with van der Waals surface area (Å²) in [4.78, 5) is 2.44. The Balaban J connectivity index is 1.20. The summed E-state index contributed by atoms with van der Waals surface area (Å²) in [6, 6.07) is 68.8. The van der Waals surface area contributed by atoms with E-state index >= 15 is 0 Å². The van der Waals surface area contributed by atoms with E-state index in [1.165, 1.54) is 74.7 Å². The van der Waals surface area contributed by atoms with Gasteiger partial charge < -0.3 is 4.90 Å². The lowest BCUT2D eigenvalue weighted by atomic mass is 9.92. The van der Waals surface area contributed by atoms with E-state index in [0.717, 1.165) is 17.1 Å². The second kappa shape index (κ2) is 11.7. The molecule has 0 saturated heterocycles. The van der Waals surface area contributed by atoms with Crippen molar-refractivity contribution in [2.45, 2.75) is 0 Å². The number of hydrogen-bond donors (Lipinski definition) is 0. The Bertz CT molecular complexity index is 2870. The van der Waals surface area contributed by atoms with Gasteiger partial charge in [-0.15, -0.1) is 11.3 Å². The average Bonchev–Trinajstić information content (AvgIpc) is 3.56. The molecular weight excluding hydrogens is 623 g/mol. The minimum Gasteiger partial charge on any atom is -0.310 e. The van der Waals surface area contributed by atoms with E-state index in [2.05, 4.69) is 193 Å². The molecule has 10 rings (SSSR count). The summed E-state index contributed by atoms with van der Waals surface area (Å²) in [5, 5.41) is 10.2. The molecule has 0 aliphatic rings. The van der Waals surface area contributed by atoms with E-state index in [-0.39, 0.29) is 0 Å². The zero-order chi connectivity index (χ0) is 33.0. The standard InChI is InChI=1S/C48H31NS/c1-3-15-37-32(12-1)14-11-21-38(37)33-24-26-35(27-25-33)49(36-28-29-44-43-20-8-10-23-47(43)50-48(44)31-36)46-22-9-7-19-42(46)45-30-34-13-2-4-16-39(34)40-17-5-6-18-41(40)45/h1-31H. The van der Waals surface area contributed by atoms with Gasteiger partial charge in [0.2, 0.25) is 0 Å². The third-order valence-electron chi connectivity index (χ3n) is 10.0. The van der Waals surface area contributed by atoms with Gasteiger partial charge in [-0.05, 0) is 91.5 Å². The number of thiophene rings is 1. The Kier molecular flexibility index (Phi) is 6.75. The van der Waals surface area contributed by atoms with Gasteiger partial charge in [-0.1, -0.05) is 146 Å². The van der Waals surface area contributed by atoms with Crippen LogP contribution in [-0.4, -0.2) is 0 Å². The number of nitrogens with zero attached hydrogens (tertiary/aromatic N) is 1. The summed E-state index contributed by atoms with van der Waals surface area (Å²) in [6.07, 6.45) is 0. The lowest BCUT2D eigenvalue weighted by molar-refractivity contribution is 1.29. The van der Waals surface area contributed by atoms with Crippen molar-refractivity contribution in [3.05, 3.63) is 188 Å². The molecule has 1 nitrogen and oxygen atoms in total. The molecular formula is C48H31NS. The predicted octanol–water partition coefficient (Wildman–Crippen LogP) is 14.3. The molecule has 1 aromatic heterocycles. The molecule has 0 bridgehead atoms. The van der Waals surface area contributed by atoms with Gasteiger partial charge >= 0.3 is 0 Å². The molecule has 0 fully saturated rings. The first-order valence-corrected chi connectivity index (χ1v) is 17.9. The number of benzene rings is 9. The van der Waals surface area contributed by atoms with Crippen LogP contribution in [0.5, 0.6) is 0 Å². The Morgan fingerprint density at radius 2 is 0.920 bits per heavy atom. The van der Waals surface area contributed by atoms with Crippen molar-refractivity contribution in [2.24, 2.45) is 0 Å². The van der Waals surface area contributed by atoms with Crippen molar-refractivity contribution in [3.8, 4) is 22.3 Å². The van der Waals surface area contributed by atoms with Crippen LogP contribution in [0.4, 0.5) is 17.1 Å². The summed E-state index contributed by atoms with van der Waals surface area (Å²) in [6.45, 7) is 0. The SMILES string of the molecule is c1ccc(N(c2ccc(-c3cccc4ccccc34)cc2)c2ccc3c(c2)sc2ccccc23)c(-c2cc3ccccc3c3ccccc23)c1. The maximum absolute atomic E-state index is 2.44. The van der Waals surface area contributed by atoms with E-state index in [1.807, 2.05) is 11.3 Å². The van der Waals surface area contributed by atoms with Crippen molar-refractivity contribution >= 4 is 80.9 Å². The molecule has 0 N–H and O–H groups in total. The zero-order valence-corrected chi connectivity index (χ0v) is 28.1. The Morgan fingerprint density at radius 3 is 1.78 bits per heavy atom. The molecule has 1 heterocycles. The first kappa shape index (κ1) is 28.8. The highest BCUT2D eigenvalue weighted by molar-refractivity contribution is 7.25. The van der Waals surface area contributed by atoms with Crippen LogP contribution < -0.4 is 4.90 Å². The third kappa shape index (κ3) is 4.69. The molecule has 0 unspecified atom stereocenters. The van der Waals surface area contributed by atoms with Gasteiger partial charge in [0, 0.05) is 37.1 Å². The molecule has 0 aliphatic carbocycles. The highest BCUT2D eigenvalue weighted by Crippen LogP contribution is 2.46. The van der Waals surface area contributed by atoms with E-state index in [9.17, 15) is 0 Å². The van der Waals surface area contributed by atoms with Crippen LogP contribution >= 0.6 is 11.3 Å². The molecule has 0 spiro atoms. The number of fused-ring (bicyclic) bond motifs is 7. The van der Waals surface area contributed by atoms with Crippen molar-refractivity contribution in [3.63, 3.8) is 0 Å². The van der Waals surface area contributed by atoms with Crippen molar-refractivity contribution in [1.82, 2.24) is 0 Å². The first-order valence-electron chi connectivity index (χ1n) is 17.1. The maximum Gasteiger partial charge on any atom is 0.0540 e. The highest BCUT2D eigenvalue weighted by Gasteiger charge is 2.20. The molecule has 0 saturated carbocycles. The molecule has 234 valence electrons. The summed E-state index contributed by atoms with van der Waals surface area (Å²) < 4.78 is 2.60. The van der Waals surface area contributed by atoms with Gasteiger partial charge in [-0.2, -0.15) is 0 Å². The summed E-state index contributed by atoms with van der Waals surface area (Å²) in [5.41, 5.74) is 8.28. The molecule has 0 aliphatic heterocycles. The average molecular weight is 654 g/mol. The normalized spacial score (nSPS) is 11.6. The zero-order valence-electron chi connectivity index (χ0n) is 27.3. The van der Waals surface area contributed by atoms with Crippen LogP contribution in [0, 0.1) is 0 Å². The van der Waals surface area contributed by atoms with Gasteiger partial charge in [0.15, 0.2) is 0 Å². The van der Waals surface area contributed by atoms with E-state index in [4.69, 9.17) is 0 Å². The maximum atomic E-state index is 2.44. The predicted molar refractivity (Wildman–Crippen MR) is 217 cm³/mol. The number of anilines is 3. The molecule has 0 amide bonds. The smallest absolute Gasteiger partial charge is 0.0540 e. The monoisotopic (exact) mass is 653 g/mol. The van der Waals surface area contributed by atoms with Crippen LogP contribution in [0.25, 0.3) is 74.7 Å². The van der Waals surface area contributed by atoms with Gasteiger partial charge in [0.25, 0.3) is 0 Å². The molecule has 50 heavy (non-hydrogen) atoms. The Labute approximate surface area is 294 Å². The second-order valence-corrected chi connectivity index (χ2v) is 14.0. The summed E-state index contributed by atoms with van der Waals surface area (Å²) in [7, 11) is 0. The third-order valence-corrected chi connectivity index (χ3v) is 11.2. The number of para-hydroxylation sites is 1. The van der Waals surface area contributed by atoms with Crippen molar-refractivity contribution in [2.75, 3.05) is 4.90 Å². The largest absolute Gasteiger partial charge is 0.310 e. The summed E-state index contributed by atoms with van der Waals surface area (Å²) >= 11 is 1.86. The molecule has 2 heteroatoms. The van der Waals surface area contributed by atoms with E-state index < -0.39 is 0 Å². The topological polar surface area (TPSA) is 3.24 Å². The Morgan fingerprint density at radius 1 is 0.320 bits per heavy atom. The lowest BCUT2D eigenvalue weighted by Crippen LogP contribution is -2.11. The Hall–Kier alpha value is -6.22. The van der Waals surface area contributed by atoms with E-state index in [1.54, 1.807) is 0 Å². The summed E-state index contributed by atoms with van der Waals surface area (Å²) in [5.74, 6) is 0. The molecule has 0 radical (unpaired) electrons. The fraction of sp³-hybridized carbons (Fsp3) is 0. The van der Waals surface area contributed by atoms with Gasteiger partial charge in [0.05, 0.1) is 5.69 Å². The van der Waals surface area contributed by atoms with E-state index in [0.29, 0.717) is 0 Å². The minimum absolute atomic E-state index is 1.12. The highest BCUT2D eigenvalue weighted by atomic mass is 32.1. The van der Waals surface area contributed by atoms with Crippen LogP contribution in [0.3, 0.4) is 0 Å². The van der Waals surface area contributed by atoms with Crippen LogP contribution in [0.1, 0.15) is 0 Å². The molecule has 10 aromatic rings. The lowest BCUT2D eigenvalue weighted by Gasteiger charge is -2.28. The number of hydrogen-bond acceptors (Lipinski definition) is 2. The van der Waals surface area contributed by atoms with Crippen molar-refractivity contribution in [1.29, 1.82) is 0 Å². The second-order valence-electron chi connectivity index (χ2n) is 12.9. The fourth-order valence-corrected chi connectivity index (χ4v) is 8.86. The van der Waals surface area contributed by atoms with Gasteiger partial charge in [-0.25, -0.2) is 0 Å². The van der Waals surface area contributed by atoms with Crippen molar-refractivity contribution < 1.29 is 0 Å². The molecule has 0 atom stereocenters. The van der Waals surface area contributed by atoms with Gasteiger partial charge in [-0.3, -0.25) is 0 Å². The quantitative estimate of drug-likeness (QED) is 0.167. The van der Waals surface area contributed by atoms with Crippen LogP contribution in [0.2, 0.25) is 0 Å².